The van der Waals surface area contributed by atoms with Crippen LogP contribution < -0.4 is 11.3 Å². The Labute approximate surface area is 200 Å². The first-order valence-electron chi connectivity index (χ1n) is 11.8. The van der Waals surface area contributed by atoms with E-state index in [1.807, 2.05) is 6.07 Å². The largest absolute Gasteiger partial charge is 0.458 e. The Morgan fingerprint density at radius 3 is 2.80 bits per heavy atom. The van der Waals surface area contributed by atoms with Crippen molar-refractivity contribution in [2.45, 2.75) is 63.9 Å². The third-order valence-electron chi connectivity index (χ3n) is 7.77. The fourth-order valence-corrected chi connectivity index (χ4v) is 5.88. The van der Waals surface area contributed by atoms with Gasteiger partial charge in [0.25, 0.3) is 5.56 Å². The summed E-state index contributed by atoms with van der Waals surface area (Å²) in [5, 5.41) is 22.4. The van der Waals surface area contributed by atoms with Gasteiger partial charge in [0.15, 0.2) is 5.60 Å². The number of aliphatic hydroxyl groups is 2. The molecule has 1 amide bonds. The molecule has 35 heavy (non-hydrogen) atoms. The highest BCUT2D eigenvalue weighted by Gasteiger charge is 2.45. The Hall–Kier alpha value is -3.56. The topological polar surface area (TPSA) is 145 Å². The lowest BCUT2D eigenvalue weighted by molar-refractivity contribution is -0.172. The quantitative estimate of drug-likeness (QED) is 0.373. The van der Waals surface area contributed by atoms with Gasteiger partial charge in [-0.3, -0.25) is 9.59 Å². The molecule has 4 N–H and O–H groups in total. The minimum atomic E-state index is -1.91. The van der Waals surface area contributed by atoms with Gasteiger partial charge >= 0.3 is 5.97 Å². The van der Waals surface area contributed by atoms with Gasteiger partial charge in [0.1, 0.15) is 12.7 Å². The number of esters is 1. The van der Waals surface area contributed by atoms with Gasteiger partial charge in [-0.05, 0) is 54.5 Å². The van der Waals surface area contributed by atoms with Gasteiger partial charge in [0.2, 0.25) is 5.91 Å². The minimum absolute atomic E-state index is 0.0100. The number of nitrogens with zero attached hydrogens (tertiary/aromatic N) is 2. The Kier molecular flexibility index (Phi) is 4.68. The molecule has 9 nitrogen and oxygen atoms in total. The van der Waals surface area contributed by atoms with Crippen molar-refractivity contribution in [2.75, 3.05) is 0 Å². The molecule has 0 spiro atoms. The Morgan fingerprint density at radius 2 is 2.06 bits per heavy atom. The van der Waals surface area contributed by atoms with Gasteiger partial charge in [-0.15, -0.1) is 0 Å². The van der Waals surface area contributed by atoms with Crippen molar-refractivity contribution in [3.05, 3.63) is 61.9 Å². The van der Waals surface area contributed by atoms with Gasteiger partial charge in [-0.1, -0.05) is 13.0 Å². The second-order valence-electron chi connectivity index (χ2n) is 9.59. The molecule has 2 aromatic heterocycles. The van der Waals surface area contributed by atoms with Crippen LogP contribution in [0.1, 0.15) is 53.1 Å². The number of carbonyl (C=O) groups excluding carboxylic acids is 2. The predicted molar refractivity (Wildman–Crippen MR) is 125 cm³/mol. The summed E-state index contributed by atoms with van der Waals surface area (Å²) in [5.74, 6) is -1.59. The van der Waals surface area contributed by atoms with Crippen LogP contribution in [0.2, 0.25) is 0 Å². The number of fused-ring (bicyclic) bond motifs is 7. The first-order valence-corrected chi connectivity index (χ1v) is 11.8. The van der Waals surface area contributed by atoms with Crippen molar-refractivity contribution in [1.29, 1.82) is 0 Å². The number of amides is 1. The number of nitrogens with two attached hydrogens (primary N) is 1. The molecule has 0 radical (unpaired) electrons. The first-order chi connectivity index (χ1) is 16.7. The van der Waals surface area contributed by atoms with Crippen LogP contribution in [-0.2, 0) is 52.3 Å². The molecule has 1 aliphatic carbocycles. The van der Waals surface area contributed by atoms with E-state index in [0.717, 1.165) is 41.3 Å². The van der Waals surface area contributed by atoms with Crippen LogP contribution in [0.4, 0.5) is 0 Å². The first kappa shape index (κ1) is 21.9. The van der Waals surface area contributed by atoms with E-state index < -0.39 is 23.6 Å². The maximum absolute atomic E-state index is 13.5. The monoisotopic (exact) mass is 475 g/mol. The summed E-state index contributed by atoms with van der Waals surface area (Å²) in [6.07, 6.45) is 1.52. The molecule has 2 atom stereocenters. The number of primary amides is 1. The molecule has 0 fully saturated rings. The SMILES string of the molecule is CC[C@@]1(O)C(=O)OCc2c1cc1n(c2=O)Cc2c-1nc1ccc3c(c1c2CC(O)C(N)=O)CCC3. The van der Waals surface area contributed by atoms with E-state index in [4.69, 9.17) is 15.5 Å². The second-order valence-corrected chi connectivity index (χ2v) is 9.59. The fraction of sp³-hybridized carbons (Fsp3) is 0.385. The molecule has 0 saturated heterocycles. The summed E-state index contributed by atoms with van der Waals surface area (Å²) >= 11 is 0. The van der Waals surface area contributed by atoms with Crippen LogP contribution in [0.15, 0.2) is 23.0 Å². The van der Waals surface area contributed by atoms with Gasteiger partial charge in [0, 0.05) is 22.9 Å². The van der Waals surface area contributed by atoms with E-state index in [1.165, 1.54) is 5.56 Å². The van der Waals surface area contributed by atoms with Crippen LogP contribution >= 0.6 is 0 Å². The van der Waals surface area contributed by atoms with E-state index in [9.17, 15) is 24.6 Å². The number of aromatic nitrogens is 2. The molecule has 9 heteroatoms. The molecule has 1 unspecified atom stereocenters. The molecule has 0 saturated carbocycles. The van der Waals surface area contributed by atoms with Crippen molar-refractivity contribution in [3.63, 3.8) is 0 Å². The van der Waals surface area contributed by atoms with E-state index in [1.54, 1.807) is 17.6 Å². The smallest absolute Gasteiger partial charge is 0.343 e. The molecule has 0 bridgehead atoms. The summed E-state index contributed by atoms with van der Waals surface area (Å²) in [5.41, 5.74) is 9.25. The van der Waals surface area contributed by atoms with E-state index in [2.05, 4.69) is 6.07 Å². The van der Waals surface area contributed by atoms with Crippen LogP contribution in [0.25, 0.3) is 22.3 Å². The van der Waals surface area contributed by atoms with Crippen LogP contribution in [-0.4, -0.2) is 37.7 Å². The number of aliphatic hydroxyl groups excluding tert-OH is 1. The molecule has 4 heterocycles. The molecule has 180 valence electrons. The third-order valence-corrected chi connectivity index (χ3v) is 7.77. The molecule has 1 aromatic carbocycles. The summed E-state index contributed by atoms with van der Waals surface area (Å²) < 4.78 is 6.70. The van der Waals surface area contributed by atoms with Crippen LogP contribution in [0.5, 0.6) is 0 Å². The average molecular weight is 476 g/mol. The number of pyridine rings is 2. The molecule has 3 aliphatic rings. The maximum atomic E-state index is 13.5. The summed E-state index contributed by atoms with van der Waals surface area (Å²) in [4.78, 5) is 42.6. The Morgan fingerprint density at radius 1 is 1.26 bits per heavy atom. The van der Waals surface area contributed by atoms with Crippen molar-refractivity contribution < 1.29 is 24.5 Å². The van der Waals surface area contributed by atoms with Gasteiger partial charge < -0.3 is 25.3 Å². The summed E-state index contributed by atoms with van der Waals surface area (Å²) in [6, 6.07) is 5.64. The lowest BCUT2D eigenvalue weighted by atomic mass is 9.86. The number of hydrogen-bond donors (Lipinski definition) is 3. The zero-order chi connectivity index (χ0) is 24.6. The zero-order valence-electron chi connectivity index (χ0n) is 19.3. The highest BCUT2D eigenvalue weighted by Crippen LogP contribution is 2.42. The Bertz CT molecular complexity index is 1520. The predicted octanol–water partition coefficient (Wildman–Crippen LogP) is 0.957. The average Bonchev–Trinajstić information content (AvgIpc) is 3.46. The Balaban J connectivity index is 1.65. The molecule has 6 rings (SSSR count). The van der Waals surface area contributed by atoms with Crippen molar-refractivity contribution in [3.8, 4) is 11.4 Å². The summed E-state index contributed by atoms with van der Waals surface area (Å²) in [7, 11) is 0. The molecular weight excluding hydrogens is 450 g/mol. The number of cyclic esters (lactones) is 1. The number of rotatable bonds is 4. The normalized spacial score (nSPS) is 20.7. The van der Waals surface area contributed by atoms with Crippen molar-refractivity contribution in [1.82, 2.24) is 9.55 Å². The van der Waals surface area contributed by atoms with Gasteiger partial charge in [-0.2, -0.15) is 0 Å². The number of carbonyl (C=O) groups is 2. The van der Waals surface area contributed by atoms with Crippen LogP contribution in [0.3, 0.4) is 0 Å². The van der Waals surface area contributed by atoms with Crippen molar-refractivity contribution >= 4 is 22.8 Å². The number of aryl methyl sites for hydroxylation is 2. The fourth-order valence-electron chi connectivity index (χ4n) is 5.88. The van der Waals surface area contributed by atoms with Gasteiger partial charge in [-0.25, -0.2) is 9.78 Å². The molecular formula is C26H25N3O6. The standard InChI is InChI=1S/C26H25N3O6/c1-2-26(34)17-9-19-22-15(10-29(19)24(32)16(17)11-35-25(26)33)14(8-20(30)23(27)31)21-13-5-3-4-12(13)6-7-18(21)28-22/h6-7,9,20,30,34H,2-5,8,10-11H2,1H3,(H2,27,31)/t20?,26-/m0/s1. The molecule has 2 aliphatic heterocycles. The second kappa shape index (κ2) is 7.47. The summed E-state index contributed by atoms with van der Waals surface area (Å²) in [6.45, 7) is 1.65. The number of ether oxygens (including phenoxy) is 1. The van der Waals surface area contributed by atoms with Gasteiger partial charge in [0.05, 0.1) is 29.0 Å². The lowest BCUT2D eigenvalue weighted by Gasteiger charge is -2.31. The number of benzene rings is 1. The minimum Gasteiger partial charge on any atom is -0.458 e. The number of hydrogen-bond acceptors (Lipinski definition) is 7. The molecule has 3 aromatic rings. The van der Waals surface area contributed by atoms with E-state index >= 15 is 0 Å². The van der Waals surface area contributed by atoms with Crippen molar-refractivity contribution in [2.24, 2.45) is 5.73 Å². The highest BCUT2D eigenvalue weighted by molar-refractivity contribution is 5.93. The highest BCUT2D eigenvalue weighted by atomic mass is 16.6. The van der Waals surface area contributed by atoms with Crippen LogP contribution in [0, 0.1) is 0 Å². The third kappa shape index (κ3) is 2.94. The van der Waals surface area contributed by atoms with E-state index in [-0.39, 0.29) is 42.7 Å². The zero-order valence-corrected chi connectivity index (χ0v) is 19.3. The lowest BCUT2D eigenvalue weighted by Crippen LogP contribution is -2.44. The van der Waals surface area contributed by atoms with E-state index in [0.29, 0.717) is 16.9 Å². The maximum Gasteiger partial charge on any atom is 0.343 e.